The quantitative estimate of drug-likeness (QED) is 0.0127. The lowest BCUT2D eigenvalue weighted by molar-refractivity contribution is -0.153. The molecule has 0 spiro atoms. The fourth-order valence-corrected chi connectivity index (χ4v) is 13.6. The van der Waals surface area contributed by atoms with Gasteiger partial charge in [0.25, 0.3) is 0 Å². The Balaban J connectivity index is -0.000000128. The Kier molecular flexibility index (Phi) is 73.5. The molecule has 1 unspecified atom stereocenters. The molecule has 121 heavy (non-hydrogen) atoms. The number of rotatable bonds is 17. The lowest BCUT2D eigenvalue weighted by Crippen LogP contribution is -2.54. The maximum Gasteiger partial charge on any atom is 0.331 e. The largest absolute Gasteiger partial charge is 0.478 e. The molecule has 32 nitrogen and oxygen atoms in total. The number of aliphatic hydroxyl groups is 3. The van der Waals surface area contributed by atoms with E-state index >= 15 is 0 Å². The zero-order chi connectivity index (χ0) is 81.9. The maximum atomic E-state index is 11.3. The number of ether oxygens (including phenoxy) is 8. The maximum absolute atomic E-state index is 11.3. The highest BCUT2D eigenvalue weighted by Gasteiger charge is 2.52. The van der Waals surface area contributed by atoms with E-state index in [1.54, 1.807) is 19.9 Å². The Morgan fingerprint density at radius 2 is 0.744 bits per heavy atom. The Hall–Kier alpha value is -8.29. The highest BCUT2D eigenvalue weighted by Crippen LogP contribution is 2.39. The third kappa shape index (κ3) is 49.0. The van der Waals surface area contributed by atoms with Crippen molar-refractivity contribution in [2.45, 2.75) is 427 Å². The topological polar surface area (TPSA) is 467 Å². The molecule has 708 valence electrons. The van der Waals surface area contributed by atoms with Crippen molar-refractivity contribution < 1.29 is 101 Å². The van der Waals surface area contributed by atoms with Crippen molar-refractivity contribution in [3.63, 3.8) is 0 Å². The van der Waals surface area contributed by atoms with Gasteiger partial charge in [-0.3, -0.25) is 43.3 Å². The second-order valence-corrected chi connectivity index (χ2v) is 29.6. The minimum absolute atomic E-state index is 0. The first-order valence-electron chi connectivity index (χ1n) is 36.6. The van der Waals surface area contributed by atoms with Gasteiger partial charge in [-0.05, 0) is 114 Å². The van der Waals surface area contributed by atoms with Crippen molar-refractivity contribution in [3.8, 4) is 0 Å². The number of likely N-dealkylation sites (N-methyl/N-ethyl adjacent to an activating group) is 1. The number of carbonyl (C=O) groups excluding carboxylic acids is 8. The standard InChI is InChI=1S/C14H23NO4.C12H19NO5.C12H21NO3.C10H15N3O2.C10H15NO2.C9H13N3O3.C9H13NO2.13CH4/c1-8(2)18-12-6-9(3)7-13(19-11(5)17)14(12)15-10(4)16;1-6(2)18-10-5-8(12(16)17)4-9(15)11(10)13-7(3)14;1-7(2)16-11-6-8(3)5-10(15)12(11)13-9(4)14;1-6-4-9(12-13-11)7(2)10(5-6)15-8(3)14;1-6-4-8-10(11(8)3)9(5-6)13-7(2)12;1-5-3-7(11-12-10)9(14)8(4-5)15-6(2)13;1-5-3-7-9(10-7)8(4-5)12-6(2)11;;;;;;;;;;;;;/h6,8,12-14H,7H2,1-5H3,(H,15,16);5-6,9-11,15H,4H2,1-3H3,(H,13,14)(H,16,17);6-7,10-12,15H,5H2,1-4H3,(H,13,14);4,7,9-10H,5H2,1-3H3;4,8-10H,5H2,1-3H3;3,7-9,14H,4H2,1-2H3;3,7-10H,4H2,1-2H3;13*1H4/t12-,13-,14+;9-,10-,11-;10-,11-,12-;7-,9+,10-;8-,9+,10-,11?;7-,8+,9+;7-,8+,9-;;;;;;;;;;;;;/m1111000............./s1. The average molecular weight is 1730 g/mol. The van der Waals surface area contributed by atoms with Crippen LogP contribution in [0.4, 0.5) is 0 Å². The first-order chi connectivity index (χ1) is 50.3. The Labute approximate surface area is 730 Å². The van der Waals surface area contributed by atoms with Crippen LogP contribution in [-0.2, 0) is 81.0 Å². The number of carboxylic acids is 1. The Morgan fingerprint density at radius 3 is 1.17 bits per heavy atom. The summed E-state index contributed by atoms with van der Waals surface area (Å²) in [6.45, 7) is 36.4. The molecule has 0 aromatic heterocycles. The number of esters is 5. The van der Waals surface area contributed by atoms with Gasteiger partial charge in [-0.2, -0.15) is 0 Å². The molecule has 2 saturated heterocycles. The molecule has 32 heteroatoms. The molecule has 7 aliphatic carbocycles. The van der Waals surface area contributed by atoms with Crippen LogP contribution in [0.1, 0.15) is 287 Å². The number of nitrogens with zero attached hydrogens (tertiary/aromatic N) is 7. The monoisotopic (exact) mass is 1730 g/mol. The molecule has 0 bridgehead atoms. The van der Waals surface area contributed by atoms with Gasteiger partial charge in [0.15, 0.2) is 0 Å². The molecular weight excluding hydrogens is 1560 g/mol. The molecular formula is C89H171N11O21. The van der Waals surface area contributed by atoms with Crippen LogP contribution in [0.15, 0.2) is 91.8 Å². The fraction of sp³-hybridized carbons (Fsp3) is 0.742. The van der Waals surface area contributed by atoms with E-state index in [1.165, 1.54) is 72.6 Å². The number of aliphatic carboxylic acids is 1. The number of carbonyl (C=O) groups is 9. The van der Waals surface area contributed by atoms with Crippen LogP contribution in [0.3, 0.4) is 0 Å². The third-order valence-corrected chi connectivity index (χ3v) is 18.1. The van der Waals surface area contributed by atoms with E-state index in [2.05, 4.69) is 79.3 Å². The molecule has 8 N–H and O–H groups in total. The molecule has 0 saturated carbocycles. The predicted octanol–water partition coefficient (Wildman–Crippen LogP) is 16.3. The summed E-state index contributed by atoms with van der Waals surface area (Å²) in [5, 5.41) is 57.1. The zero-order valence-electron chi connectivity index (χ0n) is 66.7. The molecule has 22 atom stereocenters. The third-order valence-electron chi connectivity index (χ3n) is 18.1. The van der Waals surface area contributed by atoms with Crippen molar-refractivity contribution in [1.82, 2.24) is 26.2 Å². The van der Waals surface area contributed by atoms with Crippen LogP contribution in [0, 0.1) is 5.92 Å². The summed E-state index contributed by atoms with van der Waals surface area (Å²) >= 11 is 0. The van der Waals surface area contributed by atoms with Crippen molar-refractivity contribution in [2.75, 3.05) is 7.05 Å². The minimum atomic E-state index is -1.08. The van der Waals surface area contributed by atoms with E-state index in [0.29, 0.717) is 43.4 Å². The molecule has 2 aliphatic heterocycles. The summed E-state index contributed by atoms with van der Waals surface area (Å²) in [7, 11) is 2.07. The summed E-state index contributed by atoms with van der Waals surface area (Å²) in [5.74, 6) is -3.07. The van der Waals surface area contributed by atoms with Gasteiger partial charge in [0.05, 0.1) is 91.1 Å². The molecule has 9 rings (SSSR count). The average Bonchev–Trinajstić information content (AvgIpc) is 1.59. The smallest absolute Gasteiger partial charge is 0.331 e. The van der Waals surface area contributed by atoms with E-state index in [0.717, 1.165) is 41.6 Å². The van der Waals surface area contributed by atoms with Crippen LogP contribution in [0.25, 0.3) is 20.9 Å². The van der Waals surface area contributed by atoms with Gasteiger partial charge in [-0.1, -0.05) is 184 Å². The summed E-state index contributed by atoms with van der Waals surface area (Å²) in [5.41, 5.74) is 23.7. The second kappa shape index (κ2) is 65.4. The Morgan fingerprint density at radius 1 is 0.430 bits per heavy atom. The molecule has 9 aliphatic rings. The van der Waals surface area contributed by atoms with Crippen molar-refractivity contribution in [3.05, 3.63) is 102 Å². The van der Waals surface area contributed by atoms with Gasteiger partial charge in [-0.25, -0.2) is 4.79 Å². The van der Waals surface area contributed by atoms with E-state index in [9.17, 15) is 58.5 Å². The van der Waals surface area contributed by atoms with Gasteiger partial charge < -0.3 is 79.6 Å². The molecule has 2 heterocycles. The summed E-state index contributed by atoms with van der Waals surface area (Å²) in [4.78, 5) is 106. The van der Waals surface area contributed by atoms with Gasteiger partial charge in [0.1, 0.15) is 36.6 Å². The highest BCUT2D eigenvalue weighted by molar-refractivity contribution is 5.87. The van der Waals surface area contributed by atoms with Crippen LogP contribution >= 0.6 is 0 Å². The normalized spacial score (nSPS) is 28.1. The minimum Gasteiger partial charge on any atom is -0.478 e. The molecule has 3 amide bonds. The van der Waals surface area contributed by atoms with Gasteiger partial charge >= 0.3 is 35.8 Å². The van der Waals surface area contributed by atoms with Crippen LogP contribution in [0.5, 0.6) is 0 Å². The highest BCUT2D eigenvalue weighted by atomic mass is 16.6. The first-order valence-corrected chi connectivity index (χ1v) is 36.6. The number of nitrogens with one attached hydrogen (secondary N) is 4. The number of hydrogen-bond acceptors (Lipinski definition) is 24. The fourth-order valence-electron chi connectivity index (χ4n) is 13.6. The lowest BCUT2D eigenvalue weighted by atomic mass is 9.85. The number of fused-ring (bicyclic) bond motifs is 2. The first kappa shape index (κ1) is 136. The van der Waals surface area contributed by atoms with Gasteiger partial charge in [0.2, 0.25) is 17.7 Å². The SMILES string of the molecule is C.C.C.C.C.C.C.C.C.C.C.C.C.CC(=O)N[C@@H]1[C@H](O)CC(C(=O)O)=C[C@H]1OC(C)C.CC(=O)N[C@@H]1[C@H](O)CC(C)=C[C@H]1OC(C)C.CC(=O)N[C@H]1[C@H](OC(C)C)C=C(C)C[C@H]1OC(C)=O.CC(=O)O[C@@H]1CC(C)=C[C@@H]2N[C@@H]21.CC(=O)O[C@@H]1CC(C)=C[C@H](N=[N+]=[N-])[C@H]1C.CC(=O)O[C@@H]1CC(C)=C[C@H](N=[N+]=[N-])[C@H]1O.CC(=O)O[C@@H]1CC(C)=C[C@H]2[C@@H]1N2C. The molecule has 0 aromatic carbocycles. The number of azide groups is 2. The van der Waals surface area contributed by atoms with E-state index in [4.69, 9.17) is 54.1 Å². The van der Waals surface area contributed by atoms with Crippen molar-refractivity contribution >= 4 is 53.5 Å². The van der Waals surface area contributed by atoms with Crippen LogP contribution in [-0.4, -0.2) is 226 Å². The van der Waals surface area contributed by atoms with Crippen molar-refractivity contribution in [1.29, 1.82) is 0 Å². The molecule has 0 radical (unpaired) electrons. The number of hydrogen-bond donors (Lipinski definition) is 8. The number of carboxylic acid groups (broad SMARTS) is 1. The summed E-state index contributed by atoms with van der Waals surface area (Å²) in [6, 6.07) is -0.378. The van der Waals surface area contributed by atoms with E-state index in [1.807, 2.05) is 80.5 Å². The molecule has 2 fully saturated rings. The van der Waals surface area contributed by atoms with Gasteiger partial charge in [0, 0.05) is 127 Å². The zero-order valence-corrected chi connectivity index (χ0v) is 66.7. The lowest BCUT2D eigenvalue weighted by Gasteiger charge is -2.36. The predicted molar refractivity (Wildman–Crippen MR) is 488 cm³/mol. The molecule has 0 aromatic rings. The number of amides is 3. The van der Waals surface area contributed by atoms with E-state index in [-0.39, 0.29) is 229 Å². The summed E-state index contributed by atoms with van der Waals surface area (Å²) < 4.78 is 42.9. The van der Waals surface area contributed by atoms with Crippen LogP contribution < -0.4 is 21.3 Å². The van der Waals surface area contributed by atoms with E-state index < -0.39 is 54.5 Å². The van der Waals surface area contributed by atoms with Crippen LogP contribution in [0.2, 0.25) is 0 Å². The van der Waals surface area contributed by atoms with Crippen molar-refractivity contribution in [2.24, 2.45) is 16.1 Å². The summed E-state index contributed by atoms with van der Waals surface area (Å²) in [6.07, 6.45) is 13.0. The number of aliphatic hydroxyl groups excluding tert-OH is 3. The van der Waals surface area contributed by atoms with Gasteiger partial charge in [-0.15, -0.1) is 0 Å². The Bertz CT molecular complexity index is 3380. The second-order valence-electron chi connectivity index (χ2n) is 29.6.